The fourth-order valence-electron chi connectivity index (χ4n) is 9.30. The van der Waals surface area contributed by atoms with E-state index in [4.69, 9.17) is 14.2 Å². The first-order valence-corrected chi connectivity index (χ1v) is 33.4. The van der Waals surface area contributed by atoms with Crippen molar-refractivity contribution in [1.29, 1.82) is 0 Å². The molecule has 0 N–H and O–H groups in total. The van der Waals surface area contributed by atoms with Crippen molar-refractivity contribution in [2.75, 3.05) is 13.2 Å². The summed E-state index contributed by atoms with van der Waals surface area (Å²) in [5.41, 5.74) is 0. The predicted octanol–water partition coefficient (Wildman–Crippen LogP) is 23.0. The van der Waals surface area contributed by atoms with Gasteiger partial charge >= 0.3 is 17.9 Å². The van der Waals surface area contributed by atoms with Crippen molar-refractivity contribution in [1.82, 2.24) is 0 Å². The second kappa shape index (κ2) is 66.6. The molecule has 0 rings (SSSR count). The van der Waals surface area contributed by atoms with E-state index in [1.807, 2.05) is 0 Å². The number of rotatable bonds is 60. The number of carbonyl (C=O) groups excluding carboxylic acids is 3. The van der Waals surface area contributed by atoms with Crippen LogP contribution in [0.2, 0.25) is 0 Å². The zero-order valence-electron chi connectivity index (χ0n) is 51.9. The first kappa shape index (κ1) is 75.1. The van der Waals surface area contributed by atoms with Crippen molar-refractivity contribution < 1.29 is 28.6 Å². The van der Waals surface area contributed by atoms with Crippen molar-refractivity contribution in [2.45, 2.75) is 322 Å². The summed E-state index contributed by atoms with van der Waals surface area (Å²) in [6, 6.07) is 0. The summed E-state index contributed by atoms with van der Waals surface area (Å²) in [6.07, 6.45) is 90.9. The molecule has 452 valence electrons. The van der Waals surface area contributed by atoms with Crippen LogP contribution in [0.15, 0.2) is 109 Å². The highest BCUT2D eigenvalue weighted by Gasteiger charge is 2.19. The molecule has 0 saturated carbocycles. The SMILES string of the molecule is CC/C=C\C/C=C\C/C=C\C/C=C\C/C=C\CCCCCCCCCCCCCC(=O)OCC(COC(=O)CCCCCCCCC/C=C\CCCCCCCC)OC(=O)CCCCCCCCC/C=C\C/C=C\C/C=C\CC. The minimum absolute atomic E-state index is 0.0844. The van der Waals surface area contributed by atoms with E-state index in [2.05, 4.69) is 130 Å². The predicted molar refractivity (Wildman–Crippen MR) is 343 cm³/mol. The van der Waals surface area contributed by atoms with E-state index in [0.717, 1.165) is 116 Å². The molecular weight excluding hydrogens is 973 g/mol. The summed E-state index contributed by atoms with van der Waals surface area (Å²) in [7, 11) is 0. The van der Waals surface area contributed by atoms with Gasteiger partial charge < -0.3 is 14.2 Å². The van der Waals surface area contributed by atoms with Crippen molar-refractivity contribution in [3.05, 3.63) is 109 Å². The lowest BCUT2D eigenvalue weighted by molar-refractivity contribution is -0.167. The van der Waals surface area contributed by atoms with Crippen molar-refractivity contribution in [3.8, 4) is 0 Å². The number of carbonyl (C=O) groups is 3. The van der Waals surface area contributed by atoms with Gasteiger partial charge in [0.05, 0.1) is 0 Å². The van der Waals surface area contributed by atoms with Crippen LogP contribution < -0.4 is 0 Å². The van der Waals surface area contributed by atoms with Gasteiger partial charge in [-0.25, -0.2) is 0 Å². The van der Waals surface area contributed by atoms with Gasteiger partial charge in [0.15, 0.2) is 6.10 Å². The highest BCUT2D eigenvalue weighted by atomic mass is 16.6. The van der Waals surface area contributed by atoms with Crippen LogP contribution >= 0.6 is 0 Å². The van der Waals surface area contributed by atoms with E-state index in [1.54, 1.807) is 0 Å². The van der Waals surface area contributed by atoms with E-state index < -0.39 is 6.10 Å². The van der Waals surface area contributed by atoms with Crippen LogP contribution in [-0.2, 0) is 28.6 Å². The highest BCUT2D eigenvalue weighted by molar-refractivity contribution is 5.71. The quantitative estimate of drug-likeness (QED) is 0.0261. The summed E-state index contributed by atoms with van der Waals surface area (Å²) < 4.78 is 17.0. The average Bonchev–Trinajstić information content (AvgIpc) is 3.45. The maximum Gasteiger partial charge on any atom is 0.306 e. The summed E-state index contributed by atoms with van der Waals surface area (Å²) in [4.78, 5) is 38.4. The smallest absolute Gasteiger partial charge is 0.306 e. The number of allylic oxidation sites excluding steroid dienone is 18. The van der Waals surface area contributed by atoms with Gasteiger partial charge in [-0.05, 0) is 122 Å². The van der Waals surface area contributed by atoms with Crippen LogP contribution in [0.5, 0.6) is 0 Å². The minimum atomic E-state index is -0.789. The molecule has 6 nitrogen and oxygen atoms in total. The molecule has 0 heterocycles. The van der Waals surface area contributed by atoms with Gasteiger partial charge in [0.1, 0.15) is 13.2 Å². The minimum Gasteiger partial charge on any atom is -0.462 e. The van der Waals surface area contributed by atoms with E-state index in [9.17, 15) is 14.4 Å². The molecule has 0 radical (unpaired) electrons. The molecule has 0 amide bonds. The Labute approximate surface area is 489 Å². The fraction of sp³-hybridized carbons (Fsp3) is 0.712. The monoisotopic (exact) mass is 1100 g/mol. The van der Waals surface area contributed by atoms with Crippen molar-refractivity contribution >= 4 is 17.9 Å². The summed E-state index contributed by atoms with van der Waals surface area (Å²) in [5.74, 6) is -0.891. The largest absolute Gasteiger partial charge is 0.462 e. The Kier molecular flexibility index (Phi) is 63.3. The molecule has 1 atom stereocenters. The van der Waals surface area contributed by atoms with Crippen LogP contribution in [0.4, 0.5) is 0 Å². The Balaban J connectivity index is 4.34. The Morgan fingerprint density at radius 2 is 0.494 bits per heavy atom. The molecule has 1 unspecified atom stereocenters. The van der Waals surface area contributed by atoms with Crippen molar-refractivity contribution in [2.24, 2.45) is 0 Å². The van der Waals surface area contributed by atoms with Crippen LogP contribution in [-0.4, -0.2) is 37.2 Å². The van der Waals surface area contributed by atoms with E-state index in [1.165, 1.54) is 161 Å². The summed E-state index contributed by atoms with van der Waals surface area (Å²) in [5, 5.41) is 0. The van der Waals surface area contributed by atoms with E-state index >= 15 is 0 Å². The lowest BCUT2D eigenvalue weighted by atomic mass is 10.0. The molecule has 0 aliphatic heterocycles. The number of unbranched alkanes of at least 4 members (excludes halogenated alkanes) is 31. The topological polar surface area (TPSA) is 78.9 Å². The lowest BCUT2D eigenvalue weighted by Gasteiger charge is -2.18. The molecular formula is C73H124O6. The molecule has 0 aliphatic carbocycles. The second-order valence-corrected chi connectivity index (χ2v) is 22.0. The van der Waals surface area contributed by atoms with Gasteiger partial charge in [-0.15, -0.1) is 0 Å². The number of esters is 3. The molecule has 0 bridgehead atoms. The van der Waals surface area contributed by atoms with E-state index in [0.29, 0.717) is 19.3 Å². The van der Waals surface area contributed by atoms with E-state index in [-0.39, 0.29) is 31.1 Å². The average molecular weight is 1100 g/mol. The zero-order chi connectivity index (χ0) is 57.1. The number of hydrogen-bond acceptors (Lipinski definition) is 6. The summed E-state index contributed by atoms with van der Waals surface area (Å²) >= 11 is 0. The third kappa shape index (κ3) is 64.8. The molecule has 0 aromatic rings. The molecule has 0 aliphatic rings. The molecule has 0 saturated heterocycles. The van der Waals surface area contributed by atoms with Crippen LogP contribution in [0.3, 0.4) is 0 Å². The standard InChI is InChI=1S/C73H124O6/c1-4-7-10-13-16-19-22-25-28-31-32-33-34-35-36-37-38-39-40-43-45-48-51-54-57-60-63-66-72(75)78-69-70(79-73(76)67-64-61-58-55-52-49-46-42-30-27-24-21-18-15-12-9-6-3)68-77-71(74)65-62-59-56-53-50-47-44-41-29-26-23-20-17-14-11-8-5-2/h7,9-10,12,16,18-19,21,25-30,32-33,35-36,70H,4-6,8,11,13-15,17,20,22-24,31,34,37-69H2,1-3H3/b10-7-,12-9-,19-16-,21-18-,28-25-,29-26-,30-27-,33-32-,36-35-. The molecule has 79 heavy (non-hydrogen) atoms. The van der Waals surface area contributed by atoms with Gasteiger partial charge in [0.2, 0.25) is 0 Å². The first-order valence-electron chi connectivity index (χ1n) is 33.4. The number of ether oxygens (including phenoxy) is 3. The third-order valence-corrected chi connectivity index (χ3v) is 14.2. The van der Waals surface area contributed by atoms with Gasteiger partial charge in [-0.1, -0.05) is 284 Å². The molecule has 0 fully saturated rings. The first-order chi connectivity index (χ1) is 39.0. The maximum atomic E-state index is 12.9. The fourth-order valence-corrected chi connectivity index (χ4v) is 9.30. The molecule has 0 aromatic heterocycles. The van der Waals surface area contributed by atoms with Crippen LogP contribution in [0.1, 0.15) is 316 Å². The molecule has 0 aromatic carbocycles. The number of hydrogen-bond donors (Lipinski definition) is 0. The highest BCUT2D eigenvalue weighted by Crippen LogP contribution is 2.16. The van der Waals surface area contributed by atoms with Crippen molar-refractivity contribution in [3.63, 3.8) is 0 Å². The maximum absolute atomic E-state index is 12.9. The second-order valence-electron chi connectivity index (χ2n) is 22.0. The lowest BCUT2D eigenvalue weighted by Crippen LogP contribution is -2.30. The van der Waals surface area contributed by atoms with Crippen LogP contribution in [0.25, 0.3) is 0 Å². The Morgan fingerprint density at radius 3 is 0.785 bits per heavy atom. The van der Waals surface area contributed by atoms with Gasteiger partial charge in [-0.3, -0.25) is 14.4 Å². The van der Waals surface area contributed by atoms with Gasteiger partial charge in [0, 0.05) is 19.3 Å². The van der Waals surface area contributed by atoms with Gasteiger partial charge in [-0.2, -0.15) is 0 Å². The molecule has 0 spiro atoms. The van der Waals surface area contributed by atoms with Crippen LogP contribution in [0, 0.1) is 0 Å². The Bertz CT molecular complexity index is 1590. The third-order valence-electron chi connectivity index (χ3n) is 14.2. The zero-order valence-corrected chi connectivity index (χ0v) is 51.9. The Hall–Kier alpha value is -3.93. The molecule has 6 heteroatoms. The summed E-state index contributed by atoms with van der Waals surface area (Å²) in [6.45, 7) is 6.43. The normalized spacial score (nSPS) is 12.8. The Morgan fingerprint density at radius 1 is 0.266 bits per heavy atom. The van der Waals surface area contributed by atoms with Gasteiger partial charge in [0.25, 0.3) is 0 Å².